The van der Waals surface area contributed by atoms with Crippen molar-refractivity contribution in [3.05, 3.63) is 88.2 Å². The molecule has 0 aromatic heterocycles. The number of ether oxygens (including phenoxy) is 1. The molecule has 1 aliphatic heterocycles. The molecule has 1 unspecified atom stereocenters. The van der Waals surface area contributed by atoms with Crippen LogP contribution in [0.5, 0.6) is 5.75 Å². The summed E-state index contributed by atoms with van der Waals surface area (Å²) in [5.74, 6) is 0.267. The number of carbonyl (C=O) groups excluding carboxylic acids is 1. The van der Waals surface area contributed by atoms with Crippen LogP contribution in [0, 0.1) is 18.7 Å². The van der Waals surface area contributed by atoms with Crippen molar-refractivity contribution >= 4 is 5.78 Å². The third kappa shape index (κ3) is 4.02. The Balaban J connectivity index is 1.67. The van der Waals surface area contributed by atoms with Crippen molar-refractivity contribution in [1.29, 1.82) is 0 Å². The molecule has 0 radical (unpaired) electrons. The Hall–Kier alpha value is -2.94. The van der Waals surface area contributed by atoms with Gasteiger partial charge in [0.25, 0.3) is 0 Å². The second-order valence-electron chi connectivity index (χ2n) is 8.14. The van der Waals surface area contributed by atoms with Gasteiger partial charge in [-0.15, -0.1) is 0 Å². The number of rotatable bonds is 5. The van der Waals surface area contributed by atoms with Crippen LogP contribution in [0.25, 0.3) is 11.1 Å². The highest BCUT2D eigenvalue weighted by molar-refractivity contribution is 6.03. The van der Waals surface area contributed by atoms with Gasteiger partial charge in [0.1, 0.15) is 11.6 Å². The number of halogens is 1. The normalized spacial score (nSPS) is 15.6. The van der Waals surface area contributed by atoms with E-state index in [-0.39, 0.29) is 17.5 Å². The van der Waals surface area contributed by atoms with Crippen molar-refractivity contribution in [1.82, 2.24) is 0 Å². The Kier molecular flexibility index (Phi) is 5.72. The number of benzene rings is 3. The lowest BCUT2D eigenvalue weighted by atomic mass is 9.86. The SMILES string of the molecule is CCc1cc(CC)cc(CC2COc3c(cc(C)cc3-c3ccc(F)cc3)C2=O)c1. The van der Waals surface area contributed by atoms with Crippen molar-refractivity contribution in [3.8, 4) is 16.9 Å². The van der Waals surface area contributed by atoms with Crippen LogP contribution in [0.1, 0.15) is 46.5 Å². The van der Waals surface area contributed by atoms with E-state index in [1.165, 1.54) is 28.8 Å². The van der Waals surface area contributed by atoms with Crippen LogP contribution in [-0.4, -0.2) is 12.4 Å². The Morgan fingerprint density at radius 2 is 1.50 bits per heavy atom. The van der Waals surface area contributed by atoms with Crippen LogP contribution in [0.15, 0.2) is 54.6 Å². The van der Waals surface area contributed by atoms with Crippen LogP contribution >= 0.6 is 0 Å². The Bertz CT molecular complexity index is 1060. The average Bonchev–Trinajstić information content (AvgIpc) is 2.76. The molecule has 1 aliphatic rings. The summed E-state index contributed by atoms with van der Waals surface area (Å²) >= 11 is 0. The first-order valence-corrected chi connectivity index (χ1v) is 10.7. The quantitative estimate of drug-likeness (QED) is 0.496. The molecule has 0 saturated heterocycles. The number of aryl methyl sites for hydroxylation is 3. The summed E-state index contributed by atoms with van der Waals surface area (Å²) in [6.45, 7) is 6.65. The molecule has 0 fully saturated rings. The number of ketones is 1. The lowest BCUT2D eigenvalue weighted by Gasteiger charge is -2.27. The molecule has 4 rings (SSSR count). The van der Waals surface area contributed by atoms with E-state index in [9.17, 15) is 9.18 Å². The lowest BCUT2D eigenvalue weighted by molar-refractivity contribution is 0.0831. The van der Waals surface area contributed by atoms with Gasteiger partial charge in [0, 0.05) is 5.56 Å². The fourth-order valence-corrected chi connectivity index (χ4v) is 4.24. The zero-order valence-electron chi connectivity index (χ0n) is 17.8. The first-order valence-electron chi connectivity index (χ1n) is 10.7. The number of hydrogen-bond acceptors (Lipinski definition) is 2. The van der Waals surface area contributed by atoms with Gasteiger partial charge in [0.15, 0.2) is 5.78 Å². The number of hydrogen-bond donors (Lipinski definition) is 0. The Morgan fingerprint density at radius 3 is 2.13 bits per heavy atom. The van der Waals surface area contributed by atoms with Gasteiger partial charge in [-0.3, -0.25) is 4.79 Å². The van der Waals surface area contributed by atoms with E-state index in [0.29, 0.717) is 24.3 Å². The maximum Gasteiger partial charge on any atom is 0.173 e. The van der Waals surface area contributed by atoms with E-state index in [0.717, 1.165) is 29.5 Å². The fraction of sp³-hybridized carbons (Fsp3) is 0.296. The van der Waals surface area contributed by atoms with E-state index < -0.39 is 0 Å². The summed E-state index contributed by atoms with van der Waals surface area (Å²) in [6.07, 6.45) is 2.65. The largest absolute Gasteiger partial charge is 0.491 e. The van der Waals surface area contributed by atoms with E-state index >= 15 is 0 Å². The number of carbonyl (C=O) groups is 1. The minimum atomic E-state index is -0.280. The van der Waals surface area contributed by atoms with Crippen molar-refractivity contribution in [2.75, 3.05) is 6.61 Å². The molecule has 0 bridgehead atoms. The monoisotopic (exact) mass is 402 g/mol. The van der Waals surface area contributed by atoms with Crippen LogP contribution in [0.4, 0.5) is 4.39 Å². The second-order valence-corrected chi connectivity index (χ2v) is 8.14. The van der Waals surface area contributed by atoms with Gasteiger partial charge in [-0.2, -0.15) is 0 Å². The van der Waals surface area contributed by atoms with Gasteiger partial charge in [0.2, 0.25) is 0 Å². The Morgan fingerprint density at radius 1 is 0.900 bits per heavy atom. The average molecular weight is 403 g/mol. The molecule has 3 heteroatoms. The zero-order chi connectivity index (χ0) is 21.3. The highest BCUT2D eigenvalue weighted by atomic mass is 19.1. The molecule has 0 aliphatic carbocycles. The predicted octanol–water partition coefficient (Wildman–Crippen LogP) is 6.36. The van der Waals surface area contributed by atoms with Crippen molar-refractivity contribution in [3.63, 3.8) is 0 Å². The van der Waals surface area contributed by atoms with Gasteiger partial charge >= 0.3 is 0 Å². The zero-order valence-corrected chi connectivity index (χ0v) is 17.8. The van der Waals surface area contributed by atoms with Crippen LogP contribution in [0.3, 0.4) is 0 Å². The highest BCUT2D eigenvalue weighted by Gasteiger charge is 2.31. The Labute approximate surface area is 177 Å². The predicted molar refractivity (Wildman–Crippen MR) is 119 cm³/mol. The molecular weight excluding hydrogens is 375 g/mol. The molecule has 0 spiro atoms. The van der Waals surface area contributed by atoms with Crippen molar-refractivity contribution in [2.24, 2.45) is 5.92 Å². The van der Waals surface area contributed by atoms with E-state index in [1.54, 1.807) is 12.1 Å². The van der Waals surface area contributed by atoms with Crippen LogP contribution < -0.4 is 4.74 Å². The van der Waals surface area contributed by atoms with Gasteiger partial charge < -0.3 is 4.74 Å². The molecule has 30 heavy (non-hydrogen) atoms. The van der Waals surface area contributed by atoms with E-state index in [4.69, 9.17) is 4.74 Å². The minimum absolute atomic E-state index is 0.128. The molecule has 0 N–H and O–H groups in total. The summed E-state index contributed by atoms with van der Waals surface area (Å²) in [7, 11) is 0. The fourth-order valence-electron chi connectivity index (χ4n) is 4.24. The van der Waals surface area contributed by atoms with Crippen LogP contribution in [-0.2, 0) is 19.3 Å². The minimum Gasteiger partial charge on any atom is -0.491 e. The third-order valence-corrected chi connectivity index (χ3v) is 5.86. The summed E-state index contributed by atoms with van der Waals surface area (Å²) in [5.41, 5.74) is 7.14. The highest BCUT2D eigenvalue weighted by Crippen LogP contribution is 2.39. The van der Waals surface area contributed by atoms with Crippen LogP contribution in [0.2, 0.25) is 0 Å². The van der Waals surface area contributed by atoms with Gasteiger partial charge in [-0.25, -0.2) is 4.39 Å². The van der Waals surface area contributed by atoms with Crippen molar-refractivity contribution in [2.45, 2.75) is 40.0 Å². The molecule has 0 saturated carbocycles. The van der Waals surface area contributed by atoms with Gasteiger partial charge in [-0.1, -0.05) is 44.2 Å². The summed E-state index contributed by atoms with van der Waals surface area (Å²) < 4.78 is 19.5. The molecule has 3 aromatic carbocycles. The smallest absolute Gasteiger partial charge is 0.173 e. The molecule has 2 nitrogen and oxygen atoms in total. The molecule has 154 valence electrons. The maximum absolute atomic E-state index is 13.4. The maximum atomic E-state index is 13.4. The van der Waals surface area contributed by atoms with E-state index in [1.807, 2.05) is 19.1 Å². The molecule has 3 aromatic rings. The second kappa shape index (κ2) is 8.43. The summed E-state index contributed by atoms with van der Waals surface area (Å²) in [6, 6.07) is 16.9. The van der Waals surface area contributed by atoms with Gasteiger partial charge in [0.05, 0.1) is 18.1 Å². The molecule has 1 atom stereocenters. The number of fused-ring (bicyclic) bond motifs is 1. The lowest BCUT2D eigenvalue weighted by Crippen LogP contribution is -2.30. The molecular formula is C27H27FO2. The summed E-state index contributed by atoms with van der Waals surface area (Å²) in [5, 5.41) is 0. The van der Waals surface area contributed by atoms with Gasteiger partial charge in [-0.05, 0) is 78.3 Å². The topological polar surface area (TPSA) is 26.3 Å². The summed E-state index contributed by atoms with van der Waals surface area (Å²) in [4.78, 5) is 13.4. The third-order valence-electron chi connectivity index (χ3n) is 5.86. The first-order chi connectivity index (χ1) is 14.5. The molecule has 0 amide bonds. The number of Topliss-reactive ketones (excluding diaryl/α,β-unsaturated/α-hetero) is 1. The first kappa shape index (κ1) is 20.3. The van der Waals surface area contributed by atoms with E-state index in [2.05, 4.69) is 32.0 Å². The standard InChI is InChI=1S/C27H27FO2/c1-4-18-12-19(5-2)14-20(13-18)15-22-16-30-27-24(21-6-8-23(28)9-7-21)10-17(3)11-25(27)26(22)29/h6-14,22H,4-5,15-16H2,1-3H3. The van der Waals surface area contributed by atoms with Crippen molar-refractivity contribution < 1.29 is 13.9 Å². The molecule has 1 heterocycles.